The summed E-state index contributed by atoms with van der Waals surface area (Å²) < 4.78 is 10.9. The minimum atomic E-state index is -0.265. The van der Waals surface area contributed by atoms with Crippen LogP contribution in [-0.4, -0.2) is 25.0 Å². The zero-order valence-electron chi connectivity index (χ0n) is 15.3. The molecule has 2 aliphatic carbocycles. The average Bonchev–Trinajstić information content (AvgIpc) is 2.96. The van der Waals surface area contributed by atoms with E-state index in [9.17, 15) is 4.79 Å². The summed E-state index contributed by atoms with van der Waals surface area (Å²) in [5, 5.41) is 0.851. The first-order valence-corrected chi connectivity index (χ1v) is 10.0. The van der Waals surface area contributed by atoms with E-state index in [1.54, 1.807) is 7.11 Å². The molecule has 0 aromatic heterocycles. The van der Waals surface area contributed by atoms with Gasteiger partial charge >= 0.3 is 0 Å². The van der Waals surface area contributed by atoms with Crippen LogP contribution in [-0.2, 0) is 16.0 Å². The minimum absolute atomic E-state index is 0.0122. The van der Waals surface area contributed by atoms with Crippen LogP contribution >= 0.6 is 15.9 Å². The Morgan fingerprint density at radius 2 is 2.16 bits per heavy atom. The fourth-order valence-corrected chi connectivity index (χ4v) is 5.95. The highest BCUT2D eigenvalue weighted by Gasteiger charge is 2.68. The van der Waals surface area contributed by atoms with Crippen LogP contribution in [0.15, 0.2) is 30.9 Å². The van der Waals surface area contributed by atoms with E-state index in [4.69, 9.17) is 9.47 Å². The van der Waals surface area contributed by atoms with Gasteiger partial charge in [0.05, 0.1) is 5.92 Å². The Bertz CT molecular complexity index is 686. The highest BCUT2D eigenvalue weighted by molar-refractivity contribution is 9.09. The van der Waals surface area contributed by atoms with Gasteiger partial charge in [-0.3, -0.25) is 4.79 Å². The van der Waals surface area contributed by atoms with Crippen molar-refractivity contribution in [3.05, 3.63) is 42.0 Å². The van der Waals surface area contributed by atoms with Gasteiger partial charge in [-0.15, -0.1) is 6.58 Å². The molecular weight excluding hydrogens is 380 g/mol. The summed E-state index contributed by atoms with van der Waals surface area (Å²) in [6.45, 7) is 8.44. The van der Waals surface area contributed by atoms with E-state index in [0.29, 0.717) is 11.7 Å². The minimum Gasteiger partial charge on any atom is -0.467 e. The second-order valence-electron chi connectivity index (χ2n) is 7.79. The fraction of sp³-hybridized carbons (Fsp3) is 0.571. The normalized spacial score (nSPS) is 33.7. The van der Waals surface area contributed by atoms with Crippen molar-refractivity contribution in [1.29, 1.82) is 0 Å². The van der Waals surface area contributed by atoms with Crippen LogP contribution in [0.1, 0.15) is 43.7 Å². The van der Waals surface area contributed by atoms with Gasteiger partial charge in [-0.05, 0) is 42.2 Å². The average molecular weight is 407 g/mol. The van der Waals surface area contributed by atoms with Crippen molar-refractivity contribution in [2.24, 2.45) is 16.7 Å². The fourth-order valence-electron chi connectivity index (χ4n) is 4.92. The number of ether oxygens (including phenoxy) is 2. The highest BCUT2D eigenvalue weighted by atomic mass is 79.9. The number of hydrogen-bond acceptors (Lipinski definition) is 3. The number of carbonyl (C=O) groups is 1. The molecule has 2 bridgehead atoms. The molecule has 0 unspecified atom stereocenters. The third-order valence-corrected chi connectivity index (χ3v) is 7.83. The number of alkyl halides is 1. The predicted octanol–water partition coefficient (Wildman–Crippen LogP) is 4.88. The number of fused-ring (bicyclic) bond motifs is 2. The summed E-state index contributed by atoms with van der Waals surface area (Å²) in [4.78, 5) is 13.4. The van der Waals surface area contributed by atoms with Crippen molar-refractivity contribution in [2.75, 3.05) is 19.2 Å². The van der Waals surface area contributed by atoms with Crippen molar-refractivity contribution >= 4 is 21.7 Å². The van der Waals surface area contributed by atoms with Gasteiger partial charge in [0.15, 0.2) is 6.79 Å². The third kappa shape index (κ3) is 2.69. The van der Waals surface area contributed by atoms with Crippen LogP contribution in [0.4, 0.5) is 0 Å². The second-order valence-corrected chi connectivity index (χ2v) is 8.35. The lowest BCUT2D eigenvalue weighted by Crippen LogP contribution is -2.36. The second kappa shape index (κ2) is 6.88. The largest absolute Gasteiger partial charge is 0.467 e. The SMILES string of the molecule is C=CCc1ccc(OCOC)c([C@@H]2C(=O)[C@]3(C)CC[C@H]2[C@@]3(C)CBr)c1. The monoisotopic (exact) mass is 406 g/mol. The number of allylic oxidation sites excluding steroid dienone is 1. The van der Waals surface area contributed by atoms with E-state index in [1.165, 1.54) is 0 Å². The molecule has 0 heterocycles. The van der Waals surface area contributed by atoms with Crippen LogP contribution in [0.3, 0.4) is 0 Å². The molecule has 0 amide bonds. The molecule has 0 aliphatic heterocycles. The Hall–Kier alpha value is -1.13. The molecule has 0 N–H and O–H groups in total. The molecule has 0 saturated heterocycles. The van der Waals surface area contributed by atoms with Gasteiger partial charge in [-0.2, -0.15) is 0 Å². The van der Waals surface area contributed by atoms with Gasteiger partial charge in [0.1, 0.15) is 11.5 Å². The zero-order chi connectivity index (χ0) is 18.2. The quantitative estimate of drug-likeness (QED) is 0.367. The van der Waals surface area contributed by atoms with Crippen molar-refractivity contribution in [3.8, 4) is 5.75 Å². The number of Topliss-reactive ketones (excluding diaryl/α,β-unsaturated/α-hetero) is 1. The molecular formula is C21H27BrO3. The number of benzene rings is 1. The van der Waals surface area contributed by atoms with E-state index < -0.39 is 0 Å². The van der Waals surface area contributed by atoms with Crippen LogP contribution in [0.5, 0.6) is 5.75 Å². The molecule has 0 spiro atoms. The maximum atomic E-state index is 13.4. The van der Waals surface area contributed by atoms with Crippen molar-refractivity contribution in [3.63, 3.8) is 0 Å². The Morgan fingerprint density at radius 1 is 1.40 bits per heavy atom. The molecule has 2 fully saturated rings. The third-order valence-electron chi connectivity index (χ3n) is 6.66. The summed E-state index contributed by atoms with van der Waals surface area (Å²) in [6.07, 6.45) is 4.75. The van der Waals surface area contributed by atoms with E-state index >= 15 is 0 Å². The molecule has 4 atom stereocenters. The van der Waals surface area contributed by atoms with E-state index in [-0.39, 0.29) is 23.5 Å². The summed E-state index contributed by atoms with van der Waals surface area (Å²) in [7, 11) is 1.61. The van der Waals surface area contributed by atoms with Crippen molar-refractivity contribution in [1.82, 2.24) is 0 Å². The number of methoxy groups -OCH3 is 1. The molecule has 2 aliphatic rings. The first-order chi connectivity index (χ1) is 11.9. The van der Waals surface area contributed by atoms with Crippen LogP contribution in [0.25, 0.3) is 0 Å². The van der Waals surface area contributed by atoms with Gasteiger partial charge in [0.2, 0.25) is 0 Å². The number of rotatable bonds is 7. The molecule has 0 radical (unpaired) electrons. The maximum Gasteiger partial charge on any atom is 0.188 e. The molecule has 3 rings (SSSR count). The van der Waals surface area contributed by atoms with Gasteiger partial charge in [0.25, 0.3) is 0 Å². The number of carbonyl (C=O) groups excluding carboxylic acids is 1. The molecule has 25 heavy (non-hydrogen) atoms. The number of hydrogen-bond donors (Lipinski definition) is 0. The number of halogens is 1. The molecule has 2 saturated carbocycles. The summed E-state index contributed by atoms with van der Waals surface area (Å²) >= 11 is 3.70. The molecule has 3 nitrogen and oxygen atoms in total. The maximum absolute atomic E-state index is 13.4. The van der Waals surface area contributed by atoms with Gasteiger partial charge < -0.3 is 9.47 Å². The first-order valence-electron chi connectivity index (χ1n) is 8.88. The van der Waals surface area contributed by atoms with Crippen molar-refractivity contribution in [2.45, 2.75) is 39.0 Å². The lowest BCUT2D eigenvalue weighted by atomic mass is 9.70. The van der Waals surface area contributed by atoms with Crippen LogP contribution < -0.4 is 4.74 Å². The van der Waals surface area contributed by atoms with Crippen molar-refractivity contribution < 1.29 is 14.3 Å². The Kier molecular flexibility index (Phi) is 5.13. The lowest BCUT2D eigenvalue weighted by molar-refractivity contribution is -0.129. The van der Waals surface area contributed by atoms with E-state index in [2.05, 4.69) is 42.4 Å². The van der Waals surface area contributed by atoms with Crippen LogP contribution in [0, 0.1) is 16.7 Å². The van der Waals surface area contributed by atoms with Gasteiger partial charge in [-0.25, -0.2) is 0 Å². The Labute approximate surface area is 158 Å². The van der Waals surface area contributed by atoms with E-state index in [0.717, 1.165) is 41.5 Å². The molecule has 1 aromatic rings. The van der Waals surface area contributed by atoms with E-state index in [1.807, 2.05) is 18.2 Å². The summed E-state index contributed by atoms with van der Waals surface area (Å²) in [6, 6.07) is 6.15. The van der Waals surface area contributed by atoms with Crippen LogP contribution in [0.2, 0.25) is 0 Å². The summed E-state index contributed by atoms with van der Waals surface area (Å²) in [5.41, 5.74) is 1.90. The zero-order valence-corrected chi connectivity index (χ0v) is 16.9. The Morgan fingerprint density at radius 3 is 2.76 bits per heavy atom. The standard InChI is InChI=1S/C21H27BrO3/c1-5-6-14-7-8-17(25-13-24-4)15(11-14)18-16-9-10-20(2,19(18)23)21(16,3)12-22/h5,7-8,11,16,18H,1,6,9-10,12-13H2,2-4H3/t16-,18+,20+,21-/m1/s1. The van der Waals surface area contributed by atoms with Gasteiger partial charge in [-0.1, -0.05) is 48.0 Å². The molecule has 136 valence electrons. The topological polar surface area (TPSA) is 35.5 Å². The number of ketones is 1. The lowest BCUT2D eigenvalue weighted by Gasteiger charge is -2.34. The molecule has 1 aromatic carbocycles. The summed E-state index contributed by atoms with van der Waals surface area (Å²) in [5.74, 6) is 1.37. The predicted molar refractivity (Wildman–Crippen MR) is 103 cm³/mol. The smallest absolute Gasteiger partial charge is 0.188 e. The Balaban J connectivity index is 2.07. The van der Waals surface area contributed by atoms with Gasteiger partial charge in [0, 0.05) is 23.4 Å². The molecule has 4 heteroatoms. The first kappa shape index (κ1) is 18.7. The highest BCUT2D eigenvalue weighted by Crippen LogP contribution is 2.69.